The van der Waals surface area contributed by atoms with E-state index in [0.717, 1.165) is 24.9 Å². The summed E-state index contributed by atoms with van der Waals surface area (Å²) in [6, 6.07) is 23.6. The van der Waals surface area contributed by atoms with Crippen molar-refractivity contribution in [3.8, 4) is 0 Å². The van der Waals surface area contributed by atoms with Gasteiger partial charge in [0.1, 0.15) is 6.04 Å². The number of para-hydroxylation sites is 1. The summed E-state index contributed by atoms with van der Waals surface area (Å²) in [4.78, 5) is 20.7. The third kappa shape index (κ3) is 3.76. The number of H-pyrrole nitrogens is 1. The van der Waals surface area contributed by atoms with E-state index in [-0.39, 0.29) is 24.1 Å². The highest BCUT2D eigenvalue weighted by atomic mass is 32.1. The van der Waals surface area contributed by atoms with Gasteiger partial charge in [0.15, 0.2) is 0 Å². The Morgan fingerprint density at radius 3 is 2.65 bits per heavy atom. The first-order valence-corrected chi connectivity index (χ1v) is 12.9. The van der Waals surface area contributed by atoms with Crippen LogP contribution in [0.15, 0.2) is 72.1 Å². The molecule has 5 nitrogen and oxygen atoms in total. The van der Waals surface area contributed by atoms with Crippen LogP contribution in [0.25, 0.3) is 10.9 Å². The SMILES string of the molecule is COC(=O)C1Cc2c([nH]c3ccccc23)C2CC(NCc3cccs3)CC(c3ccccc3)N12. The van der Waals surface area contributed by atoms with Crippen molar-refractivity contribution in [3.05, 3.63) is 93.8 Å². The van der Waals surface area contributed by atoms with Crippen molar-refractivity contribution >= 4 is 28.2 Å². The average molecular weight is 472 g/mol. The van der Waals surface area contributed by atoms with Gasteiger partial charge in [0, 0.05) is 46.5 Å². The molecule has 0 amide bonds. The molecular weight excluding hydrogens is 442 g/mol. The molecule has 0 saturated carbocycles. The van der Waals surface area contributed by atoms with Crippen LogP contribution in [0.4, 0.5) is 0 Å². The molecule has 2 aromatic heterocycles. The molecule has 4 aromatic rings. The Kier molecular flexibility index (Phi) is 5.73. The molecule has 1 saturated heterocycles. The molecule has 4 heterocycles. The van der Waals surface area contributed by atoms with Gasteiger partial charge in [-0.3, -0.25) is 9.69 Å². The number of hydrogen-bond donors (Lipinski definition) is 2. The molecule has 34 heavy (non-hydrogen) atoms. The van der Waals surface area contributed by atoms with E-state index >= 15 is 0 Å². The molecule has 1 fully saturated rings. The summed E-state index contributed by atoms with van der Waals surface area (Å²) in [5.41, 5.74) is 4.91. The fraction of sp³-hybridized carbons (Fsp3) is 0.321. The first kappa shape index (κ1) is 21.6. The highest BCUT2D eigenvalue weighted by Crippen LogP contribution is 2.48. The van der Waals surface area contributed by atoms with Crippen LogP contribution < -0.4 is 5.32 Å². The number of carbonyl (C=O) groups excluding carboxylic acids is 1. The van der Waals surface area contributed by atoms with Gasteiger partial charge in [-0.05, 0) is 41.5 Å². The normalized spacial score (nSPS) is 24.5. The zero-order valence-corrected chi connectivity index (χ0v) is 20.1. The largest absolute Gasteiger partial charge is 0.468 e. The second-order valence-corrected chi connectivity index (χ2v) is 10.4. The van der Waals surface area contributed by atoms with Gasteiger partial charge in [-0.1, -0.05) is 54.6 Å². The number of esters is 1. The van der Waals surface area contributed by atoms with Crippen molar-refractivity contribution in [2.75, 3.05) is 7.11 Å². The molecule has 4 unspecified atom stereocenters. The standard InChI is InChI=1S/C28H29N3O2S/c1-33-28(32)26-16-22-21-11-5-6-12-23(21)30-27(22)25-15-19(29-17-20-10-7-13-34-20)14-24(31(25)26)18-8-3-2-4-9-18/h2-13,19,24-26,29-30H,14-17H2,1H3. The summed E-state index contributed by atoms with van der Waals surface area (Å²) in [5, 5.41) is 7.18. The summed E-state index contributed by atoms with van der Waals surface area (Å²) in [6.45, 7) is 0.872. The van der Waals surface area contributed by atoms with Crippen LogP contribution >= 0.6 is 11.3 Å². The molecule has 2 aromatic carbocycles. The number of hydrogen-bond acceptors (Lipinski definition) is 5. The van der Waals surface area contributed by atoms with Crippen molar-refractivity contribution < 1.29 is 9.53 Å². The van der Waals surface area contributed by atoms with E-state index in [1.807, 2.05) is 0 Å². The highest BCUT2D eigenvalue weighted by Gasteiger charge is 2.48. The van der Waals surface area contributed by atoms with E-state index in [1.165, 1.54) is 34.2 Å². The lowest BCUT2D eigenvalue weighted by Crippen LogP contribution is -2.55. The van der Waals surface area contributed by atoms with Crippen molar-refractivity contribution in [2.24, 2.45) is 0 Å². The number of benzene rings is 2. The lowest BCUT2D eigenvalue weighted by Gasteiger charge is -2.50. The van der Waals surface area contributed by atoms with Crippen LogP contribution in [-0.4, -0.2) is 35.0 Å². The van der Waals surface area contributed by atoms with Crippen LogP contribution in [0.1, 0.15) is 46.6 Å². The molecule has 2 aliphatic rings. The Hall–Kier alpha value is -2.93. The Morgan fingerprint density at radius 2 is 1.85 bits per heavy atom. The molecule has 0 aliphatic carbocycles. The maximum Gasteiger partial charge on any atom is 0.323 e. The predicted molar refractivity (Wildman–Crippen MR) is 136 cm³/mol. The van der Waals surface area contributed by atoms with Crippen LogP contribution in [-0.2, 0) is 22.5 Å². The number of aromatic amines is 1. The Labute approximate surface area is 203 Å². The minimum absolute atomic E-state index is 0.111. The van der Waals surface area contributed by atoms with Crippen LogP contribution in [0.3, 0.4) is 0 Å². The molecule has 0 bridgehead atoms. The first-order chi connectivity index (χ1) is 16.7. The average Bonchev–Trinajstić information content (AvgIpc) is 3.54. The van der Waals surface area contributed by atoms with Gasteiger partial charge in [-0.15, -0.1) is 11.3 Å². The van der Waals surface area contributed by atoms with Gasteiger partial charge in [-0.2, -0.15) is 0 Å². The predicted octanol–water partition coefficient (Wildman–Crippen LogP) is 5.36. The van der Waals surface area contributed by atoms with Gasteiger partial charge in [0.25, 0.3) is 0 Å². The molecule has 4 atom stereocenters. The van der Waals surface area contributed by atoms with Gasteiger partial charge < -0.3 is 15.0 Å². The van der Waals surface area contributed by atoms with Gasteiger partial charge in [-0.25, -0.2) is 0 Å². The fourth-order valence-electron chi connectivity index (χ4n) is 5.97. The molecule has 6 rings (SSSR count). The summed E-state index contributed by atoms with van der Waals surface area (Å²) in [7, 11) is 1.51. The number of piperidine rings is 1. The third-order valence-corrected chi connectivity index (χ3v) is 8.35. The summed E-state index contributed by atoms with van der Waals surface area (Å²) in [5.74, 6) is -0.146. The summed E-state index contributed by atoms with van der Waals surface area (Å²) >= 11 is 1.79. The number of rotatable bonds is 5. The lowest BCUT2D eigenvalue weighted by molar-refractivity contribution is -0.152. The minimum Gasteiger partial charge on any atom is -0.468 e. The Morgan fingerprint density at radius 1 is 1.06 bits per heavy atom. The number of nitrogens with one attached hydrogen (secondary N) is 2. The Bertz CT molecular complexity index is 1280. The fourth-order valence-corrected chi connectivity index (χ4v) is 6.63. The highest BCUT2D eigenvalue weighted by molar-refractivity contribution is 7.09. The second-order valence-electron chi connectivity index (χ2n) is 9.32. The van der Waals surface area contributed by atoms with E-state index in [2.05, 4.69) is 87.3 Å². The molecule has 0 spiro atoms. The smallest absolute Gasteiger partial charge is 0.323 e. The summed E-state index contributed by atoms with van der Waals surface area (Å²) < 4.78 is 5.34. The first-order valence-electron chi connectivity index (χ1n) is 12.0. The zero-order valence-electron chi connectivity index (χ0n) is 19.2. The number of ether oxygens (including phenoxy) is 1. The van der Waals surface area contributed by atoms with Gasteiger partial charge >= 0.3 is 5.97 Å². The summed E-state index contributed by atoms with van der Waals surface area (Å²) in [6.07, 6.45) is 2.57. The monoisotopic (exact) mass is 471 g/mol. The van der Waals surface area contributed by atoms with Crippen LogP contribution in [0, 0.1) is 0 Å². The molecule has 2 N–H and O–H groups in total. The van der Waals surface area contributed by atoms with E-state index in [4.69, 9.17) is 4.74 Å². The third-order valence-electron chi connectivity index (χ3n) is 7.48. The van der Waals surface area contributed by atoms with E-state index < -0.39 is 0 Å². The minimum atomic E-state index is -0.301. The van der Waals surface area contributed by atoms with Gasteiger partial charge in [0.05, 0.1) is 13.2 Å². The van der Waals surface area contributed by atoms with E-state index in [9.17, 15) is 4.79 Å². The lowest BCUT2D eigenvalue weighted by atomic mass is 9.79. The number of aromatic nitrogens is 1. The number of thiophene rings is 1. The maximum atomic E-state index is 13.1. The number of methoxy groups -OCH3 is 1. The number of fused-ring (bicyclic) bond motifs is 5. The van der Waals surface area contributed by atoms with Gasteiger partial charge in [0.2, 0.25) is 0 Å². The Balaban J connectivity index is 1.44. The zero-order chi connectivity index (χ0) is 23.1. The van der Waals surface area contributed by atoms with E-state index in [1.54, 1.807) is 11.3 Å². The molecule has 174 valence electrons. The second kappa shape index (κ2) is 9.02. The van der Waals surface area contributed by atoms with Crippen molar-refractivity contribution in [1.29, 1.82) is 0 Å². The molecule has 6 heteroatoms. The number of nitrogens with zero attached hydrogens (tertiary/aromatic N) is 1. The molecule has 2 aliphatic heterocycles. The van der Waals surface area contributed by atoms with Crippen LogP contribution in [0.2, 0.25) is 0 Å². The molecular formula is C28H29N3O2S. The van der Waals surface area contributed by atoms with Crippen molar-refractivity contribution in [1.82, 2.24) is 15.2 Å². The van der Waals surface area contributed by atoms with Crippen molar-refractivity contribution in [3.63, 3.8) is 0 Å². The van der Waals surface area contributed by atoms with Crippen molar-refractivity contribution in [2.45, 2.75) is 50.0 Å². The maximum absolute atomic E-state index is 13.1. The quantitative estimate of drug-likeness (QED) is 0.385. The molecule has 0 radical (unpaired) electrons. The van der Waals surface area contributed by atoms with E-state index in [0.29, 0.717) is 12.5 Å². The topological polar surface area (TPSA) is 57.4 Å². The van der Waals surface area contributed by atoms with Crippen LogP contribution in [0.5, 0.6) is 0 Å². The number of carbonyl (C=O) groups is 1.